The molecule has 0 spiro atoms. The Labute approximate surface area is 139 Å². The third kappa shape index (κ3) is 2.56. The summed E-state index contributed by atoms with van der Waals surface area (Å²) < 4.78 is 1.77. The Morgan fingerprint density at radius 3 is 3.08 bits per heavy atom. The van der Waals surface area contributed by atoms with Gasteiger partial charge in [-0.2, -0.15) is 10.2 Å². The lowest BCUT2D eigenvalue weighted by molar-refractivity contribution is 0.102. The Bertz CT molecular complexity index is 874. The first-order chi connectivity index (χ1) is 11.7. The Morgan fingerprint density at radius 2 is 2.25 bits per heavy atom. The van der Waals surface area contributed by atoms with E-state index in [1.807, 2.05) is 31.3 Å². The van der Waals surface area contributed by atoms with Crippen LogP contribution < -0.4 is 10.6 Å². The molecule has 3 aromatic rings. The van der Waals surface area contributed by atoms with E-state index in [1.54, 1.807) is 10.9 Å². The summed E-state index contributed by atoms with van der Waals surface area (Å²) in [5.41, 5.74) is 2.48. The number of nitrogens with zero attached hydrogens (tertiary/aromatic N) is 3. The van der Waals surface area contributed by atoms with Gasteiger partial charge in [0.1, 0.15) is 0 Å². The maximum Gasteiger partial charge on any atom is 0.260 e. The minimum Gasteiger partial charge on any atom is -0.316 e. The molecule has 1 aromatic carbocycles. The quantitative estimate of drug-likeness (QED) is 0.688. The summed E-state index contributed by atoms with van der Waals surface area (Å²) in [6.07, 6.45) is 3.77. The molecule has 4 rings (SSSR count). The molecule has 124 valence electrons. The summed E-state index contributed by atoms with van der Waals surface area (Å²) in [7, 11) is 1.87. The molecule has 1 fully saturated rings. The molecular weight excluding hydrogens is 304 g/mol. The number of anilines is 1. The molecule has 1 saturated heterocycles. The molecule has 0 aliphatic carbocycles. The first-order valence-electron chi connectivity index (χ1n) is 8.21. The van der Waals surface area contributed by atoms with E-state index in [2.05, 4.69) is 25.9 Å². The fourth-order valence-electron chi connectivity index (χ4n) is 3.37. The molecule has 7 nitrogen and oxygen atoms in total. The second kappa shape index (κ2) is 6.09. The van der Waals surface area contributed by atoms with Crippen LogP contribution in [-0.4, -0.2) is 39.0 Å². The summed E-state index contributed by atoms with van der Waals surface area (Å²) in [6.45, 7) is 1.90. The summed E-state index contributed by atoms with van der Waals surface area (Å²) >= 11 is 0. The monoisotopic (exact) mass is 324 g/mol. The van der Waals surface area contributed by atoms with Crippen molar-refractivity contribution >= 4 is 22.6 Å². The molecule has 3 N–H and O–H groups in total. The molecule has 1 unspecified atom stereocenters. The SMILES string of the molecule is Cn1nc(NC(=O)c2cn[nH]c2C2CCCNC2)c2ccccc21. The van der Waals surface area contributed by atoms with Gasteiger partial charge in [0.25, 0.3) is 5.91 Å². The molecule has 1 atom stereocenters. The lowest BCUT2D eigenvalue weighted by Gasteiger charge is -2.22. The van der Waals surface area contributed by atoms with Crippen LogP contribution in [0, 0.1) is 0 Å². The highest BCUT2D eigenvalue weighted by molar-refractivity contribution is 6.08. The lowest BCUT2D eigenvalue weighted by atomic mass is 9.93. The molecular formula is C17H20N6O. The van der Waals surface area contributed by atoms with E-state index >= 15 is 0 Å². The van der Waals surface area contributed by atoms with Crippen LogP contribution in [0.2, 0.25) is 0 Å². The van der Waals surface area contributed by atoms with Crippen molar-refractivity contribution in [1.29, 1.82) is 0 Å². The lowest BCUT2D eigenvalue weighted by Crippen LogP contribution is -2.29. The Balaban J connectivity index is 1.61. The van der Waals surface area contributed by atoms with Gasteiger partial charge in [-0.15, -0.1) is 0 Å². The van der Waals surface area contributed by atoms with Crippen LogP contribution in [0.3, 0.4) is 0 Å². The second-order valence-corrected chi connectivity index (χ2v) is 6.18. The number of fused-ring (bicyclic) bond motifs is 1. The number of carbonyl (C=O) groups is 1. The molecule has 24 heavy (non-hydrogen) atoms. The van der Waals surface area contributed by atoms with Crippen molar-refractivity contribution < 1.29 is 4.79 Å². The van der Waals surface area contributed by atoms with Gasteiger partial charge in [0, 0.05) is 24.9 Å². The topological polar surface area (TPSA) is 87.6 Å². The summed E-state index contributed by atoms with van der Waals surface area (Å²) in [5.74, 6) is 0.697. The van der Waals surface area contributed by atoms with Crippen LogP contribution in [0.5, 0.6) is 0 Å². The molecule has 7 heteroatoms. The minimum absolute atomic E-state index is 0.173. The molecule has 1 aliphatic heterocycles. The highest BCUT2D eigenvalue weighted by Crippen LogP contribution is 2.26. The van der Waals surface area contributed by atoms with Crippen molar-refractivity contribution in [3.05, 3.63) is 41.7 Å². The number of aryl methyl sites for hydroxylation is 1. The molecule has 0 saturated carbocycles. The standard InChI is InChI=1S/C17H20N6O/c1-23-14-7-3-2-6-12(14)16(22-23)20-17(24)13-10-19-21-15(13)11-5-4-8-18-9-11/h2-3,6-7,10-11,18H,4-5,8-9H2,1H3,(H,19,21)(H,20,22,24). The smallest absolute Gasteiger partial charge is 0.260 e. The number of nitrogens with one attached hydrogen (secondary N) is 3. The molecule has 0 radical (unpaired) electrons. The predicted molar refractivity (Wildman–Crippen MR) is 92.1 cm³/mol. The van der Waals surface area contributed by atoms with E-state index in [-0.39, 0.29) is 5.91 Å². The zero-order chi connectivity index (χ0) is 16.5. The molecule has 0 bridgehead atoms. The van der Waals surface area contributed by atoms with Gasteiger partial charge < -0.3 is 10.6 Å². The molecule has 2 aromatic heterocycles. The molecule has 1 aliphatic rings. The molecule has 1 amide bonds. The number of H-pyrrole nitrogens is 1. The van der Waals surface area contributed by atoms with Gasteiger partial charge in [-0.05, 0) is 31.5 Å². The average molecular weight is 324 g/mol. The van der Waals surface area contributed by atoms with Crippen molar-refractivity contribution in [2.75, 3.05) is 18.4 Å². The second-order valence-electron chi connectivity index (χ2n) is 6.18. The van der Waals surface area contributed by atoms with Crippen LogP contribution >= 0.6 is 0 Å². The first kappa shape index (κ1) is 14.9. The number of aromatic nitrogens is 4. The maximum atomic E-state index is 12.8. The van der Waals surface area contributed by atoms with E-state index in [0.717, 1.165) is 42.5 Å². The number of aromatic amines is 1. The highest BCUT2D eigenvalue weighted by Gasteiger charge is 2.24. The van der Waals surface area contributed by atoms with Gasteiger partial charge in [0.15, 0.2) is 5.82 Å². The van der Waals surface area contributed by atoms with Crippen molar-refractivity contribution in [3.8, 4) is 0 Å². The van der Waals surface area contributed by atoms with Crippen LogP contribution in [0.15, 0.2) is 30.5 Å². The fraction of sp³-hybridized carbons (Fsp3) is 0.353. The number of para-hydroxylation sites is 1. The van der Waals surface area contributed by atoms with Crippen LogP contribution in [0.1, 0.15) is 34.8 Å². The predicted octanol–water partition coefficient (Wildman–Crippen LogP) is 2.02. The van der Waals surface area contributed by atoms with Crippen molar-refractivity contribution in [2.45, 2.75) is 18.8 Å². The summed E-state index contributed by atoms with van der Waals surface area (Å²) in [5, 5.41) is 18.8. The van der Waals surface area contributed by atoms with Gasteiger partial charge in [0.2, 0.25) is 0 Å². The Morgan fingerprint density at radius 1 is 1.38 bits per heavy atom. The zero-order valence-corrected chi connectivity index (χ0v) is 13.5. The van der Waals surface area contributed by atoms with Crippen LogP contribution in [-0.2, 0) is 7.05 Å². The average Bonchev–Trinajstić information content (AvgIpc) is 3.22. The van der Waals surface area contributed by atoms with E-state index in [4.69, 9.17) is 0 Å². The van der Waals surface area contributed by atoms with Gasteiger partial charge >= 0.3 is 0 Å². The van der Waals surface area contributed by atoms with E-state index in [9.17, 15) is 4.79 Å². The Hall–Kier alpha value is -2.67. The van der Waals surface area contributed by atoms with Crippen LogP contribution in [0.4, 0.5) is 5.82 Å². The minimum atomic E-state index is -0.173. The van der Waals surface area contributed by atoms with Crippen molar-refractivity contribution in [3.63, 3.8) is 0 Å². The van der Waals surface area contributed by atoms with E-state index < -0.39 is 0 Å². The zero-order valence-electron chi connectivity index (χ0n) is 13.5. The van der Waals surface area contributed by atoms with Gasteiger partial charge in [-0.1, -0.05) is 12.1 Å². The maximum absolute atomic E-state index is 12.8. The number of rotatable bonds is 3. The number of amides is 1. The number of carbonyl (C=O) groups excluding carboxylic acids is 1. The Kier molecular flexibility index (Phi) is 3.78. The number of hydrogen-bond donors (Lipinski definition) is 3. The van der Waals surface area contributed by atoms with Gasteiger partial charge in [-0.25, -0.2) is 0 Å². The van der Waals surface area contributed by atoms with E-state index in [0.29, 0.717) is 17.3 Å². The highest BCUT2D eigenvalue weighted by atomic mass is 16.1. The fourth-order valence-corrected chi connectivity index (χ4v) is 3.37. The van der Waals surface area contributed by atoms with Gasteiger partial charge in [-0.3, -0.25) is 14.6 Å². The number of benzene rings is 1. The number of piperidine rings is 1. The van der Waals surface area contributed by atoms with E-state index in [1.165, 1.54) is 0 Å². The third-order valence-electron chi connectivity index (χ3n) is 4.61. The first-order valence-corrected chi connectivity index (χ1v) is 8.21. The molecule has 3 heterocycles. The largest absolute Gasteiger partial charge is 0.316 e. The summed E-state index contributed by atoms with van der Waals surface area (Å²) in [6, 6.07) is 7.84. The van der Waals surface area contributed by atoms with Crippen molar-refractivity contribution in [1.82, 2.24) is 25.3 Å². The van der Waals surface area contributed by atoms with Gasteiger partial charge in [0.05, 0.1) is 23.0 Å². The van der Waals surface area contributed by atoms with Crippen molar-refractivity contribution in [2.24, 2.45) is 7.05 Å². The normalized spacial score (nSPS) is 18.0. The summed E-state index contributed by atoms with van der Waals surface area (Å²) in [4.78, 5) is 12.8. The third-order valence-corrected chi connectivity index (χ3v) is 4.61. The van der Waals surface area contributed by atoms with Crippen LogP contribution in [0.25, 0.3) is 10.9 Å². The number of hydrogen-bond acceptors (Lipinski definition) is 4.